The largest absolute Gasteiger partial charge is 0.502 e. The van der Waals surface area contributed by atoms with Crippen molar-refractivity contribution < 1.29 is 85.8 Å². The quantitative estimate of drug-likeness (QED) is 0.00547. The van der Waals surface area contributed by atoms with E-state index in [0.29, 0.717) is 82.1 Å². The second kappa shape index (κ2) is 53.8. The number of alkyl halides is 1. The minimum atomic E-state index is -2.37. The Morgan fingerprint density at radius 1 is 0.488 bits per heavy atom. The van der Waals surface area contributed by atoms with Crippen LogP contribution in [0.4, 0.5) is 32.0 Å². The summed E-state index contributed by atoms with van der Waals surface area (Å²) in [5, 5.41) is 36.9. The molecule has 0 unspecified atom stereocenters. The van der Waals surface area contributed by atoms with E-state index in [4.69, 9.17) is 52.5 Å². The van der Waals surface area contributed by atoms with Gasteiger partial charge in [0.2, 0.25) is 40.5 Å². The van der Waals surface area contributed by atoms with E-state index in [9.17, 15) is 46.1 Å². The van der Waals surface area contributed by atoms with E-state index >= 15 is 0 Å². The first-order valence-corrected chi connectivity index (χ1v) is 39.9. The lowest BCUT2D eigenvalue weighted by molar-refractivity contribution is 0.0715. The predicted octanol–water partition coefficient (Wildman–Crippen LogP) is 22.1. The first-order chi connectivity index (χ1) is 59.1. The summed E-state index contributed by atoms with van der Waals surface area (Å²) in [6.07, 6.45) is 10.5. The minimum Gasteiger partial charge on any atom is -0.502 e. The van der Waals surface area contributed by atoms with Gasteiger partial charge in [-0.1, -0.05) is 191 Å². The summed E-state index contributed by atoms with van der Waals surface area (Å²) < 4.78 is 121. The van der Waals surface area contributed by atoms with Gasteiger partial charge in [0.25, 0.3) is 0 Å². The number of nitriles is 1. The van der Waals surface area contributed by atoms with Crippen molar-refractivity contribution >= 4 is 23.5 Å². The van der Waals surface area contributed by atoms with Gasteiger partial charge in [-0.25, -0.2) is 22.8 Å². The predicted molar refractivity (Wildman–Crippen MR) is 463 cm³/mol. The molecule has 11 aromatic carbocycles. The number of nitrogens with two attached hydrogens (primary N) is 1. The van der Waals surface area contributed by atoms with Crippen molar-refractivity contribution in [2.45, 2.75) is 151 Å². The summed E-state index contributed by atoms with van der Waals surface area (Å²) >= 11 is 0. The van der Waals surface area contributed by atoms with Crippen LogP contribution in [-0.2, 0) is 71.4 Å². The molecule has 21 heteroatoms. The number of nitrogens with zero attached hydrogens (tertiary/aromatic N) is 2. The third kappa shape index (κ3) is 32.6. The number of aryl methyl sites for hydroxylation is 3. The van der Waals surface area contributed by atoms with E-state index in [2.05, 4.69) is 78.5 Å². The highest BCUT2D eigenvalue weighted by atomic mass is 19.2. The Balaban J connectivity index is 0.000000238. The van der Waals surface area contributed by atoms with E-state index < -0.39 is 48.0 Å². The molecule has 0 spiro atoms. The lowest BCUT2D eigenvalue weighted by Gasteiger charge is -2.13. The van der Waals surface area contributed by atoms with Crippen molar-refractivity contribution in [1.82, 2.24) is 0 Å². The average Bonchev–Trinajstić information content (AvgIpc) is 0.789. The van der Waals surface area contributed by atoms with Gasteiger partial charge in [-0.3, -0.25) is 9.18 Å². The van der Waals surface area contributed by atoms with E-state index in [1.807, 2.05) is 166 Å². The Hall–Kier alpha value is -12.5. The standard InChI is InChI=1S/C29H31NO4.C18H22O2.C18H20O.C17H10F5NO3.C17H21NO2.CH3F/c1-21(2)34-29-15-13-25(19-27(29)30-3)28(32)11-7-10-23-12-14-26(18-24(23)16-17-31)33-20-22-8-5-4-6-9-22;1-2-6-16-9-10-18(13-17(16)11-12-19)20-14-15-7-4-3-5-8-15;1-3-8-17-11-12-18(13-16(17)4-2)19-14-15-9-6-5-7-10-15;1-7(2)25-10-4-3-8(5-9(10)6-23)17(24)26-16-14(21)12(19)11(18)13(20)15(16)22;18-10-8-15-6-7-17(12-16(15)9-11-19)20-13-14-4-2-1-3-5-14;1-2/h4-6,8-9,12-15,18-19,21,31H,7,10-11,16-17,20H2,1-2H3;3-5,7-10,13,19H,2,6,11-12,14H2,1H3;4-7,9-13H,2-3,8,14H2,1H3;3-5,7H,1-2H3;1-7,12,19H,8-11,13,18H2;1H3/i;;;;;1D. The van der Waals surface area contributed by atoms with Crippen LogP contribution in [0.5, 0.6) is 40.2 Å². The molecule has 0 aliphatic carbocycles. The average molecular weight is 1660 g/mol. The number of benzene rings is 11. The first kappa shape index (κ1) is 95.6. The maximum atomic E-state index is 13.6. The Labute approximate surface area is 708 Å². The summed E-state index contributed by atoms with van der Waals surface area (Å²) in [4.78, 5) is 28.2. The normalized spacial score (nSPS) is 10.5. The number of Topliss-reactive ketones (excluding diaryl/α,β-unsaturated/α-hetero) is 1. The second-order valence-electron chi connectivity index (χ2n) is 27.9. The Morgan fingerprint density at radius 3 is 1.25 bits per heavy atom. The van der Waals surface area contributed by atoms with Gasteiger partial charge in [0.15, 0.2) is 5.78 Å². The monoisotopic (exact) mass is 1660 g/mol. The molecule has 0 bridgehead atoms. The number of carbonyl (C=O) groups excluding carboxylic acids is 2. The molecule has 0 saturated heterocycles. The second-order valence-corrected chi connectivity index (χ2v) is 27.9. The van der Waals surface area contributed by atoms with Crippen LogP contribution in [0.2, 0.25) is 0 Å². The Bertz CT molecular complexity index is 4980. The molecule has 11 aromatic rings. The van der Waals surface area contributed by atoms with Crippen molar-refractivity contribution in [3.8, 4) is 46.3 Å². The van der Waals surface area contributed by atoms with Crippen molar-refractivity contribution in [3.63, 3.8) is 0 Å². The van der Waals surface area contributed by atoms with Gasteiger partial charge in [-0.2, -0.15) is 14.0 Å². The molecule has 0 radical (unpaired) electrons. The molecule has 0 heterocycles. The van der Waals surface area contributed by atoms with Crippen LogP contribution < -0.4 is 38.9 Å². The van der Waals surface area contributed by atoms with Crippen LogP contribution in [0, 0.1) is 47.0 Å². The highest BCUT2D eigenvalue weighted by molar-refractivity contribution is 5.97. The number of rotatable bonds is 36. The van der Waals surface area contributed by atoms with Gasteiger partial charge in [0, 0.05) is 31.8 Å². The number of halogens is 6. The van der Waals surface area contributed by atoms with Gasteiger partial charge in [-0.15, -0.1) is 0 Å². The van der Waals surface area contributed by atoms with E-state index in [-0.39, 0.29) is 54.7 Å². The molecule has 11 rings (SSSR count). The van der Waals surface area contributed by atoms with Crippen LogP contribution in [0.3, 0.4) is 0 Å². The van der Waals surface area contributed by atoms with Gasteiger partial charge in [0.1, 0.15) is 67.0 Å². The molecule has 0 aliphatic heterocycles. The number of hydrogen-bond donors (Lipinski definition) is 4. The number of ether oxygens (including phenoxy) is 7. The lowest BCUT2D eigenvalue weighted by Crippen LogP contribution is -2.14. The summed E-state index contributed by atoms with van der Waals surface area (Å²) in [5.74, 6) is -10.5. The molecule has 0 fully saturated rings. The van der Waals surface area contributed by atoms with Crippen molar-refractivity contribution in [1.29, 1.82) is 5.26 Å². The lowest BCUT2D eigenvalue weighted by atomic mass is 9.97. The van der Waals surface area contributed by atoms with Crippen molar-refractivity contribution in [2.75, 3.05) is 33.5 Å². The molecule has 0 atom stereocenters. The SMILES string of the molecule is C=Cc1cc(OCc2ccccc2)ccc1CCC.CC(C)Oc1ccc(C(=O)Oc2c(F)c(F)c(F)c(F)c2F)cc1C#N.CCCc1ccc(OCc2ccccc2)cc1CCO.NCCc1ccc(OCc2ccccc2)cc1CCO.[2H]CF.[C-]#[N+]c1cc(C(=O)CCCc2ccc(OCc3ccccc3)cc2CCO)ccc1OC(C)C. The highest BCUT2D eigenvalue weighted by Gasteiger charge is 2.29. The number of esters is 1. The molecular formula is C100H107F6N3O12. The van der Waals surface area contributed by atoms with Crippen LogP contribution in [0.1, 0.15) is 162 Å². The molecule has 121 heavy (non-hydrogen) atoms. The fourth-order valence-electron chi connectivity index (χ4n) is 12.2. The Morgan fingerprint density at radius 2 is 0.860 bits per heavy atom. The molecule has 0 saturated carbocycles. The van der Waals surface area contributed by atoms with E-state index in [1.165, 1.54) is 39.4 Å². The zero-order valence-corrected chi connectivity index (χ0v) is 69.3. The molecule has 15 nitrogen and oxygen atoms in total. The molecule has 0 amide bonds. The van der Waals surface area contributed by atoms with E-state index in [1.54, 1.807) is 38.1 Å². The Kier molecular flexibility index (Phi) is 42.5. The zero-order valence-electron chi connectivity index (χ0n) is 70.3. The summed E-state index contributed by atoms with van der Waals surface area (Å²) in [6.45, 7) is 26.0. The van der Waals surface area contributed by atoms with Crippen LogP contribution in [0.25, 0.3) is 10.9 Å². The van der Waals surface area contributed by atoms with Crippen LogP contribution in [-0.4, -0.2) is 72.8 Å². The number of aliphatic hydroxyl groups excluding tert-OH is 3. The topological polar surface area (TPSA) is 214 Å². The number of ketones is 1. The summed E-state index contributed by atoms with van der Waals surface area (Å²) in [7, 11) is -1.00. The van der Waals surface area contributed by atoms with Crippen LogP contribution >= 0.6 is 0 Å². The van der Waals surface area contributed by atoms with Gasteiger partial charge >= 0.3 is 5.97 Å². The first-order valence-electron chi connectivity index (χ1n) is 40.6. The fraction of sp³-hybridized carbons (Fsp3) is 0.280. The minimum absolute atomic E-state index is 0.00696. The number of hydrogen-bond acceptors (Lipinski definition) is 14. The van der Waals surface area contributed by atoms with Gasteiger partial charge < -0.3 is 54.2 Å². The van der Waals surface area contributed by atoms with Gasteiger partial charge in [-0.05, 0) is 231 Å². The molecular weight excluding hydrogens is 1550 g/mol. The summed E-state index contributed by atoms with van der Waals surface area (Å²) in [6, 6.07) is 75.0. The fourth-order valence-corrected chi connectivity index (χ4v) is 12.2. The van der Waals surface area contributed by atoms with Crippen LogP contribution in [0.15, 0.2) is 237 Å². The van der Waals surface area contributed by atoms with Crippen molar-refractivity contribution in [2.24, 2.45) is 5.73 Å². The zero-order chi connectivity index (χ0) is 88.6. The highest BCUT2D eigenvalue weighted by Crippen LogP contribution is 2.34. The molecule has 636 valence electrons. The smallest absolute Gasteiger partial charge is 0.343 e. The molecule has 0 aliphatic rings. The number of carbonyl (C=O) groups is 2. The van der Waals surface area contributed by atoms with Gasteiger partial charge in [0.05, 0.1) is 38.4 Å². The maximum absolute atomic E-state index is 13.6. The third-order valence-electron chi connectivity index (χ3n) is 18.1. The third-order valence-corrected chi connectivity index (χ3v) is 18.1. The summed E-state index contributed by atoms with van der Waals surface area (Å²) in [5.41, 5.74) is 20.1. The molecule has 0 aromatic heterocycles. The molecule has 5 N–H and O–H groups in total. The van der Waals surface area contributed by atoms with Crippen molar-refractivity contribution in [3.05, 3.63) is 361 Å². The maximum Gasteiger partial charge on any atom is 0.343 e. The number of aliphatic hydroxyl groups is 3. The van der Waals surface area contributed by atoms with E-state index in [0.717, 1.165) is 107 Å².